The second kappa shape index (κ2) is 5.65. The summed E-state index contributed by atoms with van der Waals surface area (Å²) in [6.07, 6.45) is 2.86. The van der Waals surface area contributed by atoms with Gasteiger partial charge in [0.1, 0.15) is 0 Å². The van der Waals surface area contributed by atoms with E-state index in [0.29, 0.717) is 17.6 Å². The highest BCUT2D eigenvalue weighted by atomic mass is 16.2. The summed E-state index contributed by atoms with van der Waals surface area (Å²) in [5, 5.41) is 7.55. The zero-order valence-corrected chi connectivity index (χ0v) is 12.3. The molecule has 2 aromatic rings. The highest BCUT2D eigenvalue weighted by molar-refractivity contribution is 5.97. The summed E-state index contributed by atoms with van der Waals surface area (Å²) in [5.41, 5.74) is 1.42. The number of carbonyl (C=O) groups excluding carboxylic acids is 1. The summed E-state index contributed by atoms with van der Waals surface area (Å²) in [5.74, 6) is 0.593. The first-order chi connectivity index (χ1) is 10.1. The molecule has 1 atom stereocenters. The highest BCUT2D eigenvalue weighted by Gasteiger charge is 2.15. The van der Waals surface area contributed by atoms with Crippen molar-refractivity contribution in [1.29, 1.82) is 0 Å². The summed E-state index contributed by atoms with van der Waals surface area (Å²) < 4.78 is 0. The van der Waals surface area contributed by atoms with Crippen LogP contribution in [0, 0.1) is 0 Å². The maximum absolute atomic E-state index is 12.0. The van der Waals surface area contributed by atoms with E-state index in [4.69, 9.17) is 0 Å². The first-order valence-corrected chi connectivity index (χ1v) is 7.09. The molecule has 0 bridgehead atoms. The minimum atomic E-state index is -0.0231. The fourth-order valence-electron chi connectivity index (χ4n) is 2.44. The van der Waals surface area contributed by atoms with Crippen LogP contribution >= 0.6 is 0 Å². The molecule has 2 N–H and O–H groups in total. The normalized spacial score (nSPS) is 17.9. The molecule has 0 spiro atoms. The molecule has 110 valence electrons. The molecule has 6 heteroatoms. The monoisotopic (exact) mass is 285 g/mol. The molecule has 0 radical (unpaired) electrons. The van der Waals surface area contributed by atoms with Gasteiger partial charge in [0.25, 0.3) is 5.91 Å². The van der Waals surface area contributed by atoms with Crippen LogP contribution in [-0.2, 0) is 0 Å². The van der Waals surface area contributed by atoms with Crippen LogP contribution in [0.4, 0.5) is 5.95 Å². The van der Waals surface area contributed by atoms with Crippen molar-refractivity contribution in [2.45, 2.75) is 12.5 Å². The van der Waals surface area contributed by atoms with Gasteiger partial charge in [-0.2, -0.15) is 0 Å². The van der Waals surface area contributed by atoms with E-state index in [1.165, 1.54) is 0 Å². The number of anilines is 1. The van der Waals surface area contributed by atoms with Crippen molar-refractivity contribution in [2.75, 3.05) is 32.5 Å². The van der Waals surface area contributed by atoms with Crippen LogP contribution in [0.1, 0.15) is 16.8 Å². The van der Waals surface area contributed by atoms with E-state index in [2.05, 4.69) is 20.6 Å². The summed E-state index contributed by atoms with van der Waals surface area (Å²) in [4.78, 5) is 22.4. The van der Waals surface area contributed by atoms with Crippen molar-refractivity contribution in [2.24, 2.45) is 0 Å². The Kier molecular flexibility index (Phi) is 3.70. The first-order valence-electron chi connectivity index (χ1n) is 7.09. The van der Waals surface area contributed by atoms with Crippen LogP contribution < -0.4 is 10.6 Å². The predicted octanol–water partition coefficient (Wildman–Crippen LogP) is 1.11. The van der Waals surface area contributed by atoms with Gasteiger partial charge in [-0.1, -0.05) is 6.07 Å². The molecule has 6 nitrogen and oxygen atoms in total. The Morgan fingerprint density at radius 3 is 3.00 bits per heavy atom. The van der Waals surface area contributed by atoms with Crippen LogP contribution in [-0.4, -0.2) is 54.0 Å². The molecule has 2 heterocycles. The van der Waals surface area contributed by atoms with Gasteiger partial charge in [-0.25, -0.2) is 9.97 Å². The lowest BCUT2D eigenvalue weighted by Gasteiger charge is -2.12. The summed E-state index contributed by atoms with van der Waals surface area (Å²) in [7, 11) is 3.49. The molecular formula is C15H19N5O. The Labute approximate surface area is 123 Å². The van der Waals surface area contributed by atoms with Crippen molar-refractivity contribution in [3.8, 4) is 0 Å². The third-order valence-corrected chi connectivity index (χ3v) is 3.63. The smallest absolute Gasteiger partial charge is 0.253 e. The molecule has 1 aliphatic heterocycles. The Hall–Kier alpha value is -2.21. The lowest BCUT2D eigenvalue weighted by molar-refractivity contribution is 0.0827. The van der Waals surface area contributed by atoms with E-state index < -0.39 is 0 Å². The van der Waals surface area contributed by atoms with E-state index in [1.54, 1.807) is 25.2 Å². The van der Waals surface area contributed by atoms with Crippen LogP contribution in [0.25, 0.3) is 10.9 Å². The van der Waals surface area contributed by atoms with Gasteiger partial charge < -0.3 is 15.5 Å². The zero-order chi connectivity index (χ0) is 14.8. The van der Waals surface area contributed by atoms with Crippen molar-refractivity contribution in [3.05, 3.63) is 30.0 Å². The number of amides is 1. The zero-order valence-electron chi connectivity index (χ0n) is 12.3. The van der Waals surface area contributed by atoms with Crippen LogP contribution in [0.3, 0.4) is 0 Å². The van der Waals surface area contributed by atoms with Crippen molar-refractivity contribution in [1.82, 2.24) is 20.2 Å². The molecule has 1 aliphatic rings. The molecule has 3 rings (SSSR count). The van der Waals surface area contributed by atoms with Crippen LogP contribution in [0.5, 0.6) is 0 Å². The van der Waals surface area contributed by atoms with Gasteiger partial charge in [0, 0.05) is 43.8 Å². The highest BCUT2D eigenvalue weighted by Crippen LogP contribution is 2.16. The number of hydrogen-bond donors (Lipinski definition) is 2. The van der Waals surface area contributed by atoms with Gasteiger partial charge in [-0.05, 0) is 25.1 Å². The van der Waals surface area contributed by atoms with Gasteiger partial charge in [-0.15, -0.1) is 0 Å². The topological polar surface area (TPSA) is 70.2 Å². The molecular weight excluding hydrogens is 266 g/mol. The number of aromatic nitrogens is 2. The van der Waals surface area contributed by atoms with Crippen molar-refractivity contribution in [3.63, 3.8) is 0 Å². The second-order valence-corrected chi connectivity index (χ2v) is 5.50. The Balaban J connectivity index is 1.89. The molecule has 1 amide bonds. The molecule has 1 aromatic carbocycles. The van der Waals surface area contributed by atoms with E-state index in [9.17, 15) is 4.79 Å². The number of benzene rings is 1. The summed E-state index contributed by atoms with van der Waals surface area (Å²) in [6, 6.07) is 5.88. The van der Waals surface area contributed by atoms with Crippen molar-refractivity contribution < 1.29 is 4.79 Å². The predicted molar refractivity (Wildman–Crippen MR) is 82.5 cm³/mol. The van der Waals surface area contributed by atoms with Crippen LogP contribution in [0.15, 0.2) is 24.4 Å². The largest absolute Gasteiger partial charge is 0.350 e. The fraction of sp³-hybridized carbons (Fsp3) is 0.400. The molecule has 21 heavy (non-hydrogen) atoms. The van der Waals surface area contributed by atoms with Gasteiger partial charge in [0.05, 0.1) is 5.52 Å². The summed E-state index contributed by atoms with van der Waals surface area (Å²) >= 11 is 0. The maximum atomic E-state index is 12.0. The Morgan fingerprint density at radius 1 is 1.43 bits per heavy atom. The first kappa shape index (κ1) is 13.8. The van der Waals surface area contributed by atoms with E-state index in [1.807, 2.05) is 18.2 Å². The Morgan fingerprint density at radius 2 is 2.29 bits per heavy atom. The third kappa shape index (κ3) is 2.95. The molecule has 1 saturated heterocycles. The quantitative estimate of drug-likeness (QED) is 0.884. The van der Waals surface area contributed by atoms with E-state index in [0.717, 1.165) is 30.4 Å². The van der Waals surface area contributed by atoms with Gasteiger partial charge in [0.15, 0.2) is 0 Å². The molecule has 0 aliphatic carbocycles. The average molecular weight is 285 g/mol. The number of rotatable bonds is 3. The second-order valence-electron chi connectivity index (χ2n) is 5.50. The molecule has 1 aromatic heterocycles. The van der Waals surface area contributed by atoms with Crippen LogP contribution in [0.2, 0.25) is 0 Å². The minimum absolute atomic E-state index is 0.0231. The van der Waals surface area contributed by atoms with Gasteiger partial charge in [-0.3, -0.25) is 4.79 Å². The average Bonchev–Trinajstić information content (AvgIpc) is 2.98. The Bertz CT molecular complexity index is 664. The lowest BCUT2D eigenvalue weighted by Crippen LogP contribution is -2.23. The minimum Gasteiger partial charge on any atom is -0.350 e. The molecule has 1 unspecified atom stereocenters. The lowest BCUT2D eigenvalue weighted by atomic mass is 10.1. The maximum Gasteiger partial charge on any atom is 0.253 e. The van der Waals surface area contributed by atoms with Crippen molar-refractivity contribution >= 4 is 22.8 Å². The number of nitrogens with one attached hydrogen (secondary N) is 2. The number of carbonyl (C=O) groups is 1. The standard InChI is InChI=1S/C15H19N5O/c1-20(2)14(21)10-3-4-11-8-17-15(19-13(11)7-10)18-12-5-6-16-9-12/h3-4,7-8,12,16H,5-6,9H2,1-2H3,(H,17,18,19). The fourth-order valence-corrected chi connectivity index (χ4v) is 2.44. The third-order valence-electron chi connectivity index (χ3n) is 3.63. The molecule has 0 saturated carbocycles. The molecule has 1 fully saturated rings. The summed E-state index contributed by atoms with van der Waals surface area (Å²) in [6.45, 7) is 1.95. The van der Waals surface area contributed by atoms with Gasteiger partial charge in [0.2, 0.25) is 5.95 Å². The number of hydrogen-bond acceptors (Lipinski definition) is 5. The number of fused-ring (bicyclic) bond motifs is 1. The van der Waals surface area contributed by atoms with Gasteiger partial charge >= 0.3 is 0 Å². The SMILES string of the molecule is CN(C)C(=O)c1ccc2cnc(NC3CCNC3)nc2c1. The van der Waals surface area contributed by atoms with E-state index >= 15 is 0 Å². The van der Waals surface area contributed by atoms with E-state index in [-0.39, 0.29) is 5.91 Å². The number of nitrogens with zero attached hydrogens (tertiary/aromatic N) is 3.